The number of piperazine rings is 1. The molecule has 0 saturated carbocycles. The number of rotatable bonds is 4. The molecule has 0 aliphatic carbocycles. The minimum absolute atomic E-state index is 0.123. The number of hydrogen-bond acceptors (Lipinski definition) is 4. The Balaban J connectivity index is 1.40. The van der Waals surface area contributed by atoms with Gasteiger partial charge in [-0.05, 0) is 36.9 Å². The second kappa shape index (κ2) is 7.40. The van der Waals surface area contributed by atoms with Crippen molar-refractivity contribution in [3.63, 3.8) is 0 Å². The Morgan fingerprint density at radius 3 is 2.41 bits per heavy atom. The van der Waals surface area contributed by atoms with Crippen LogP contribution < -0.4 is 5.32 Å². The number of carbonyl (C=O) groups excluding carboxylic acids is 1. The molecule has 3 aromatic rings. The van der Waals surface area contributed by atoms with Crippen molar-refractivity contribution in [2.75, 3.05) is 38.5 Å². The zero-order valence-electron chi connectivity index (χ0n) is 15.9. The predicted octanol–water partition coefficient (Wildman–Crippen LogP) is 2.57. The third kappa shape index (κ3) is 3.66. The maximum Gasteiger partial charge on any atom is 0.253 e. The van der Waals surface area contributed by atoms with E-state index in [1.54, 1.807) is 0 Å². The lowest BCUT2D eigenvalue weighted by Gasteiger charge is -2.32. The zero-order valence-corrected chi connectivity index (χ0v) is 15.9. The second-order valence-electron chi connectivity index (χ2n) is 7.13. The molecular formula is C21H25N5O. The van der Waals surface area contributed by atoms with Crippen LogP contribution in [-0.4, -0.2) is 58.5 Å². The Labute approximate surface area is 159 Å². The molecule has 6 nitrogen and oxygen atoms in total. The normalized spacial score (nSPS) is 15.3. The molecule has 1 fully saturated rings. The van der Waals surface area contributed by atoms with Gasteiger partial charge in [0.1, 0.15) is 0 Å². The van der Waals surface area contributed by atoms with Crippen molar-refractivity contribution in [1.82, 2.24) is 19.4 Å². The van der Waals surface area contributed by atoms with Gasteiger partial charge >= 0.3 is 0 Å². The fourth-order valence-electron chi connectivity index (χ4n) is 3.44. The molecule has 0 radical (unpaired) electrons. The van der Waals surface area contributed by atoms with E-state index >= 15 is 0 Å². The van der Waals surface area contributed by atoms with Crippen molar-refractivity contribution >= 4 is 22.9 Å². The first-order chi connectivity index (χ1) is 13.1. The summed E-state index contributed by atoms with van der Waals surface area (Å²) in [6.07, 6.45) is 0. The van der Waals surface area contributed by atoms with E-state index in [-0.39, 0.29) is 5.91 Å². The minimum Gasteiger partial charge on any atom is -0.352 e. The Hall–Kier alpha value is -2.86. The lowest BCUT2D eigenvalue weighted by molar-refractivity contribution is 0.0664. The number of aryl methyl sites for hydroxylation is 1. The molecule has 1 aliphatic rings. The third-order valence-corrected chi connectivity index (χ3v) is 5.23. The summed E-state index contributed by atoms with van der Waals surface area (Å²) in [5.41, 5.74) is 3.96. The maximum absolute atomic E-state index is 12.6. The van der Waals surface area contributed by atoms with Gasteiger partial charge in [0.05, 0.1) is 11.0 Å². The molecule has 1 saturated heterocycles. The van der Waals surface area contributed by atoms with E-state index in [0.29, 0.717) is 6.54 Å². The Kier molecular flexibility index (Phi) is 4.81. The monoisotopic (exact) mass is 363 g/mol. The fourth-order valence-corrected chi connectivity index (χ4v) is 3.44. The van der Waals surface area contributed by atoms with Gasteiger partial charge in [-0.3, -0.25) is 4.79 Å². The van der Waals surface area contributed by atoms with Crippen molar-refractivity contribution in [3.8, 4) is 0 Å². The lowest BCUT2D eigenvalue weighted by atomic mass is 10.1. The van der Waals surface area contributed by atoms with Gasteiger partial charge in [0, 0.05) is 45.3 Å². The van der Waals surface area contributed by atoms with Gasteiger partial charge in [0.25, 0.3) is 5.91 Å². The van der Waals surface area contributed by atoms with Crippen LogP contribution in [0.1, 0.15) is 15.9 Å². The number of hydrogen-bond donors (Lipinski definition) is 1. The van der Waals surface area contributed by atoms with Gasteiger partial charge in [-0.25, -0.2) is 4.98 Å². The lowest BCUT2D eigenvalue weighted by Crippen LogP contribution is -2.47. The average molecular weight is 363 g/mol. The van der Waals surface area contributed by atoms with E-state index in [2.05, 4.69) is 32.9 Å². The number of aromatic nitrogens is 2. The Morgan fingerprint density at radius 1 is 1.00 bits per heavy atom. The van der Waals surface area contributed by atoms with Gasteiger partial charge < -0.3 is 19.7 Å². The molecule has 2 heterocycles. The SMILES string of the molecule is CN1CCN(C(=O)c2ccc(CNc3nc4ccccc4n3C)cc2)CC1. The van der Waals surface area contributed by atoms with Crippen molar-refractivity contribution < 1.29 is 4.79 Å². The van der Waals surface area contributed by atoms with Crippen LogP contribution >= 0.6 is 0 Å². The molecule has 1 amide bonds. The molecule has 140 valence electrons. The molecule has 0 atom stereocenters. The molecule has 27 heavy (non-hydrogen) atoms. The van der Waals surface area contributed by atoms with E-state index < -0.39 is 0 Å². The van der Waals surface area contributed by atoms with Gasteiger partial charge in [0.2, 0.25) is 5.95 Å². The van der Waals surface area contributed by atoms with E-state index in [1.165, 1.54) is 0 Å². The summed E-state index contributed by atoms with van der Waals surface area (Å²) < 4.78 is 2.06. The summed E-state index contributed by atoms with van der Waals surface area (Å²) in [6, 6.07) is 16.0. The maximum atomic E-state index is 12.6. The van der Waals surface area contributed by atoms with E-state index in [0.717, 1.165) is 54.3 Å². The first-order valence-corrected chi connectivity index (χ1v) is 9.34. The number of amides is 1. The quantitative estimate of drug-likeness (QED) is 0.774. The highest BCUT2D eigenvalue weighted by Gasteiger charge is 2.20. The average Bonchev–Trinajstić information content (AvgIpc) is 3.03. The van der Waals surface area contributed by atoms with Gasteiger partial charge in [-0.1, -0.05) is 24.3 Å². The molecule has 1 aromatic heterocycles. The van der Waals surface area contributed by atoms with Gasteiger partial charge in [0.15, 0.2) is 0 Å². The van der Waals surface area contributed by atoms with Crippen LogP contribution in [0, 0.1) is 0 Å². The Morgan fingerprint density at radius 2 is 1.70 bits per heavy atom. The molecule has 2 aromatic carbocycles. The number of likely N-dealkylation sites (N-methyl/N-ethyl adjacent to an activating group) is 1. The number of fused-ring (bicyclic) bond motifs is 1. The number of benzene rings is 2. The minimum atomic E-state index is 0.123. The van der Waals surface area contributed by atoms with Crippen LogP contribution in [0.15, 0.2) is 48.5 Å². The van der Waals surface area contributed by atoms with Crippen molar-refractivity contribution in [2.45, 2.75) is 6.54 Å². The summed E-state index contributed by atoms with van der Waals surface area (Å²) in [4.78, 5) is 21.4. The van der Waals surface area contributed by atoms with Crippen LogP contribution in [0.4, 0.5) is 5.95 Å². The van der Waals surface area contributed by atoms with Crippen LogP contribution in [0.5, 0.6) is 0 Å². The second-order valence-corrected chi connectivity index (χ2v) is 7.13. The summed E-state index contributed by atoms with van der Waals surface area (Å²) in [5, 5.41) is 3.39. The number of para-hydroxylation sites is 2. The van der Waals surface area contributed by atoms with E-state index in [4.69, 9.17) is 0 Å². The summed E-state index contributed by atoms with van der Waals surface area (Å²) in [7, 11) is 4.10. The number of anilines is 1. The van der Waals surface area contributed by atoms with Crippen molar-refractivity contribution in [3.05, 3.63) is 59.7 Å². The highest BCUT2D eigenvalue weighted by molar-refractivity contribution is 5.94. The molecule has 1 aliphatic heterocycles. The van der Waals surface area contributed by atoms with E-state index in [9.17, 15) is 4.79 Å². The standard InChI is InChI=1S/C21H25N5O/c1-24-11-13-26(14-12-24)20(27)17-9-7-16(8-10-17)15-22-21-23-18-5-3-4-6-19(18)25(21)2/h3-10H,11-15H2,1-2H3,(H,22,23). The molecule has 1 N–H and O–H groups in total. The smallest absolute Gasteiger partial charge is 0.253 e. The first kappa shape index (κ1) is 17.5. The molecule has 0 bridgehead atoms. The number of carbonyl (C=O) groups is 1. The molecular weight excluding hydrogens is 338 g/mol. The third-order valence-electron chi connectivity index (χ3n) is 5.23. The molecule has 0 spiro atoms. The summed E-state index contributed by atoms with van der Waals surface area (Å²) >= 11 is 0. The van der Waals surface area contributed by atoms with E-state index in [1.807, 2.05) is 54.4 Å². The van der Waals surface area contributed by atoms with Gasteiger partial charge in [-0.15, -0.1) is 0 Å². The topological polar surface area (TPSA) is 53.4 Å². The van der Waals surface area contributed by atoms with Crippen LogP contribution in [0.25, 0.3) is 11.0 Å². The van der Waals surface area contributed by atoms with Crippen molar-refractivity contribution in [2.24, 2.45) is 7.05 Å². The fraction of sp³-hybridized carbons (Fsp3) is 0.333. The number of imidazole rings is 1. The van der Waals surface area contributed by atoms with Crippen LogP contribution in [-0.2, 0) is 13.6 Å². The van der Waals surface area contributed by atoms with Crippen molar-refractivity contribution in [1.29, 1.82) is 0 Å². The molecule has 4 rings (SSSR count). The zero-order chi connectivity index (χ0) is 18.8. The van der Waals surface area contributed by atoms with Crippen LogP contribution in [0.3, 0.4) is 0 Å². The Bertz CT molecular complexity index is 939. The van der Waals surface area contributed by atoms with Gasteiger partial charge in [-0.2, -0.15) is 0 Å². The largest absolute Gasteiger partial charge is 0.352 e. The molecule has 6 heteroatoms. The number of nitrogens with zero attached hydrogens (tertiary/aromatic N) is 4. The first-order valence-electron chi connectivity index (χ1n) is 9.34. The number of nitrogens with one attached hydrogen (secondary N) is 1. The summed E-state index contributed by atoms with van der Waals surface area (Å²) in [5.74, 6) is 0.965. The highest BCUT2D eigenvalue weighted by atomic mass is 16.2. The molecule has 0 unspecified atom stereocenters. The highest BCUT2D eigenvalue weighted by Crippen LogP contribution is 2.18. The predicted molar refractivity (Wildman–Crippen MR) is 108 cm³/mol. The van der Waals surface area contributed by atoms with Crippen LogP contribution in [0.2, 0.25) is 0 Å². The summed E-state index contributed by atoms with van der Waals surface area (Å²) in [6.45, 7) is 4.13.